The number of hydrogen-bond donors (Lipinski definition) is 1. The Bertz CT molecular complexity index is 1480. The lowest BCUT2D eigenvalue weighted by Crippen LogP contribution is -2.31. The number of Topliss-reactive ketones (excluding diaryl/α,β-unsaturated/α-hetero) is 1. The molecule has 1 aliphatic rings. The van der Waals surface area contributed by atoms with Crippen LogP contribution in [0, 0.1) is 6.92 Å². The van der Waals surface area contributed by atoms with E-state index in [1.54, 1.807) is 55.6 Å². The van der Waals surface area contributed by atoms with Gasteiger partial charge in [0.15, 0.2) is 22.9 Å². The molecule has 2 heterocycles. The van der Waals surface area contributed by atoms with Gasteiger partial charge in [-0.25, -0.2) is 0 Å². The lowest BCUT2D eigenvalue weighted by atomic mass is 9.92. The summed E-state index contributed by atoms with van der Waals surface area (Å²) in [6, 6.07) is 20.4. The number of carbonyl (C=O) groups is 2. The molecule has 1 amide bonds. The fourth-order valence-electron chi connectivity index (χ4n) is 4.48. The first-order valence-electron chi connectivity index (χ1n) is 11.0. The largest absolute Gasteiger partial charge is 0.503 e. The van der Waals surface area contributed by atoms with Gasteiger partial charge in [0.25, 0.3) is 5.91 Å². The number of carbonyl (C=O) groups excluding carboxylic acids is 2. The maximum atomic E-state index is 13.8. The molecule has 0 saturated heterocycles. The van der Waals surface area contributed by atoms with Crippen LogP contribution in [0.5, 0.6) is 11.5 Å². The van der Waals surface area contributed by atoms with E-state index in [1.165, 1.54) is 12.0 Å². The van der Waals surface area contributed by atoms with Crippen LogP contribution in [0.2, 0.25) is 0 Å². The molecular weight excluding hydrogens is 446 g/mol. The van der Waals surface area contributed by atoms with Crippen molar-refractivity contribution in [2.24, 2.45) is 0 Å². The van der Waals surface area contributed by atoms with Gasteiger partial charge in [-0.05, 0) is 54.4 Å². The van der Waals surface area contributed by atoms with Crippen LogP contribution in [-0.2, 0) is 4.79 Å². The number of benzene rings is 3. The first kappa shape index (κ1) is 22.3. The zero-order chi connectivity index (χ0) is 24.7. The predicted octanol–water partition coefficient (Wildman–Crippen LogP) is 5.54. The second-order valence-electron chi connectivity index (χ2n) is 8.21. The predicted molar refractivity (Wildman–Crippen MR) is 131 cm³/mol. The Morgan fingerprint density at radius 1 is 0.971 bits per heavy atom. The third kappa shape index (κ3) is 3.61. The SMILES string of the molecule is COc1ccc(N2C(=O)C(O)=C(C(=O)c3cc4cccc(OC)c4o3)C2c2ccccc2C)cc1. The van der Waals surface area contributed by atoms with Crippen molar-refractivity contribution in [3.63, 3.8) is 0 Å². The molecule has 0 bridgehead atoms. The Morgan fingerprint density at radius 3 is 2.40 bits per heavy atom. The summed E-state index contributed by atoms with van der Waals surface area (Å²) in [5.41, 5.74) is 2.48. The van der Waals surface area contributed by atoms with Crippen molar-refractivity contribution < 1.29 is 28.6 Å². The number of para-hydroxylation sites is 1. The topological polar surface area (TPSA) is 89.2 Å². The number of anilines is 1. The van der Waals surface area contributed by atoms with Gasteiger partial charge in [-0.15, -0.1) is 0 Å². The number of ether oxygens (including phenoxy) is 2. The van der Waals surface area contributed by atoms with Gasteiger partial charge in [0.1, 0.15) is 5.75 Å². The molecule has 7 nitrogen and oxygen atoms in total. The minimum Gasteiger partial charge on any atom is -0.503 e. The lowest BCUT2D eigenvalue weighted by molar-refractivity contribution is -0.117. The quantitative estimate of drug-likeness (QED) is 0.373. The summed E-state index contributed by atoms with van der Waals surface area (Å²) in [6.45, 7) is 1.90. The average molecular weight is 469 g/mol. The molecular formula is C28H23NO6. The summed E-state index contributed by atoms with van der Waals surface area (Å²) in [5, 5.41) is 11.7. The molecule has 5 rings (SSSR count). The normalized spacial score (nSPS) is 15.7. The Kier molecular flexibility index (Phi) is 5.53. The summed E-state index contributed by atoms with van der Waals surface area (Å²) in [5.74, 6) is -0.727. The van der Waals surface area contributed by atoms with E-state index < -0.39 is 23.5 Å². The van der Waals surface area contributed by atoms with Crippen LogP contribution in [0.4, 0.5) is 5.69 Å². The fourth-order valence-corrected chi connectivity index (χ4v) is 4.48. The molecule has 1 aromatic heterocycles. The van der Waals surface area contributed by atoms with Crippen molar-refractivity contribution in [2.45, 2.75) is 13.0 Å². The number of ketones is 1. The van der Waals surface area contributed by atoms with Crippen LogP contribution < -0.4 is 14.4 Å². The number of aryl methyl sites for hydroxylation is 1. The number of amides is 1. The van der Waals surface area contributed by atoms with Crippen LogP contribution in [0.3, 0.4) is 0 Å². The van der Waals surface area contributed by atoms with E-state index in [0.717, 1.165) is 11.1 Å². The van der Waals surface area contributed by atoms with E-state index in [9.17, 15) is 14.7 Å². The number of aliphatic hydroxyl groups is 1. The molecule has 1 N–H and O–H groups in total. The molecule has 35 heavy (non-hydrogen) atoms. The monoisotopic (exact) mass is 469 g/mol. The number of fused-ring (bicyclic) bond motifs is 1. The number of rotatable bonds is 6. The molecule has 1 aliphatic heterocycles. The van der Waals surface area contributed by atoms with E-state index in [1.807, 2.05) is 31.2 Å². The molecule has 0 fully saturated rings. The zero-order valence-electron chi connectivity index (χ0n) is 19.4. The molecule has 4 aromatic rings. The van der Waals surface area contributed by atoms with Crippen molar-refractivity contribution in [3.05, 3.63) is 101 Å². The Hall–Kier alpha value is -4.52. The standard InChI is InChI=1S/C28H23NO6/c1-16-7-4-5-9-20(16)24-23(25(30)22-15-17-8-6-10-21(34-3)27(17)35-22)26(31)28(32)29(24)18-11-13-19(33-2)14-12-18/h4-15,24,31H,1-3H3. The second kappa shape index (κ2) is 8.68. The lowest BCUT2D eigenvalue weighted by Gasteiger charge is -2.28. The van der Waals surface area contributed by atoms with Crippen molar-refractivity contribution >= 4 is 28.3 Å². The van der Waals surface area contributed by atoms with E-state index in [-0.39, 0.29) is 11.3 Å². The summed E-state index contributed by atoms with van der Waals surface area (Å²) >= 11 is 0. The van der Waals surface area contributed by atoms with Gasteiger partial charge < -0.3 is 19.0 Å². The highest BCUT2D eigenvalue weighted by Crippen LogP contribution is 2.43. The Labute approximate surface area is 201 Å². The molecule has 1 atom stereocenters. The van der Waals surface area contributed by atoms with Gasteiger partial charge in [-0.1, -0.05) is 36.4 Å². The van der Waals surface area contributed by atoms with Gasteiger partial charge in [0.2, 0.25) is 5.78 Å². The fraction of sp³-hybridized carbons (Fsp3) is 0.143. The molecule has 176 valence electrons. The minimum atomic E-state index is -0.847. The van der Waals surface area contributed by atoms with E-state index >= 15 is 0 Å². The Morgan fingerprint density at radius 2 is 1.71 bits per heavy atom. The molecule has 3 aromatic carbocycles. The van der Waals surface area contributed by atoms with Gasteiger partial charge in [-0.2, -0.15) is 0 Å². The van der Waals surface area contributed by atoms with Crippen molar-refractivity contribution in [2.75, 3.05) is 19.1 Å². The van der Waals surface area contributed by atoms with Crippen LogP contribution in [0.25, 0.3) is 11.0 Å². The highest BCUT2D eigenvalue weighted by Gasteiger charge is 2.45. The summed E-state index contributed by atoms with van der Waals surface area (Å²) in [7, 11) is 3.07. The highest BCUT2D eigenvalue weighted by atomic mass is 16.5. The maximum Gasteiger partial charge on any atom is 0.294 e. The zero-order valence-corrected chi connectivity index (χ0v) is 19.4. The van der Waals surface area contributed by atoms with Gasteiger partial charge >= 0.3 is 0 Å². The molecule has 0 radical (unpaired) electrons. The van der Waals surface area contributed by atoms with Crippen LogP contribution >= 0.6 is 0 Å². The van der Waals surface area contributed by atoms with Crippen LogP contribution in [0.15, 0.2) is 88.5 Å². The number of hydrogen-bond acceptors (Lipinski definition) is 6. The van der Waals surface area contributed by atoms with E-state index in [4.69, 9.17) is 13.9 Å². The van der Waals surface area contributed by atoms with Crippen LogP contribution in [-0.4, -0.2) is 31.0 Å². The first-order chi connectivity index (χ1) is 16.9. The molecule has 1 unspecified atom stereocenters. The smallest absolute Gasteiger partial charge is 0.294 e. The van der Waals surface area contributed by atoms with Gasteiger partial charge in [0, 0.05) is 11.1 Å². The third-order valence-electron chi connectivity index (χ3n) is 6.24. The molecule has 0 aliphatic carbocycles. The van der Waals surface area contributed by atoms with Gasteiger partial charge in [0.05, 0.1) is 25.8 Å². The second-order valence-corrected chi connectivity index (χ2v) is 8.21. The van der Waals surface area contributed by atoms with Crippen molar-refractivity contribution in [1.29, 1.82) is 0 Å². The van der Waals surface area contributed by atoms with Crippen LogP contribution in [0.1, 0.15) is 27.7 Å². The number of nitrogens with zero attached hydrogens (tertiary/aromatic N) is 1. The van der Waals surface area contributed by atoms with Crippen molar-refractivity contribution in [3.8, 4) is 11.5 Å². The number of methoxy groups -OCH3 is 2. The summed E-state index contributed by atoms with van der Waals surface area (Å²) in [4.78, 5) is 28.6. The van der Waals surface area contributed by atoms with Crippen molar-refractivity contribution in [1.82, 2.24) is 0 Å². The molecule has 7 heteroatoms. The molecule has 0 saturated carbocycles. The molecule has 0 spiro atoms. The minimum absolute atomic E-state index is 0.00835. The average Bonchev–Trinajstić information content (AvgIpc) is 3.43. The first-order valence-corrected chi connectivity index (χ1v) is 11.0. The maximum absolute atomic E-state index is 13.8. The number of furan rings is 1. The number of aliphatic hydroxyl groups excluding tert-OH is 1. The highest BCUT2D eigenvalue weighted by molar-refractivity contribution is 6.20. The summed E-state index contributed by atoms with van der Waals surface area (Å²) in [6.07, 6.45) is 0. The third-order valence-corrected chi connectivity index (χ3v) is 6.24. The van der Waals surface area contributed by atoms with E-state index in [2.05, 4.69) is 0 Å². The van der Waals surface area contributed by atoms with E-state index in [0.29, 0.717) is 28.2 Å². The Balaban J connectivity index is 1.66. The van der Waals surface area contributed by atoms with Gasteiger partial charge in [-0.3, -0.25) is 14.5 Å². The summed E-state index contributed by atoms with van der Waals surface area (Å²) < 4.78 is 16.4.